The summed E-state index contributed by atoms with van der Waals surface area (Å²) in [6.07, 6.45) is 0. The van der Waals surface area contributed by atoms with Gasteiger partial charge in [-0.15, -0.1) is 0 Å². The molecule has 0 heterocycles. The maximum absolute atomic E-state index is 12.4. The van der Waals surface area contributed by atoms with Crippen molar-refractivity contribution in [2.75, 3.05) is 20.8 Å². The number of hydrogen-bond donors (Lipinski definition) is 2. The molecule has 2 amide bonds. The molecular formula is C26H28N2O4. The van der Waals surface area contributed by atoms with Crippen molar-refractivity contribution in [3.8, 4) is 22.6 Å². The van der Waals surface area contributed by atoms with Crippen molar-refractivity contribution in [1.82, 2.24) is 10.6 Å². The third-order valence-corrected chi connectivity index (χ3v) is 5.28. The number of carbonyl (C=O) groups excluding carboxylic acids is 2. The molecule has 0 aliphatic carbocycles. The molecule has 0 aliphatic heterocycles. The molecule has 2 N–H and O–H groups in total. The Morgan fingerprint density at radius 3 is 2.09 bits per heavy atom. The van der Waals surface area contributed by atoms with Crippen LogP contribution in [0.1, 0.15) is 34.5 Å². The minimum Gasteiger partial charge on any atom is -0.493 e. The molecule has 166 valence electrons. The predicted octanol–water partition coefficient (Wildman–Crippen LogP) is 4.29. The molecule has 6 heteroatoms. The largest absolute Gasteiger partial charge is 0.493 e. The molecule has 3 aromatic carbocycles. The Morgan fingerprint density at radius 1 is 0.875 bits per heavy atom. The van der Waals surface area contributed by atoms with Gasteiger partial charge in [-0.2, -0.15) is 0 Å². The third kappa shape index (κ3) is 5.46. The van der Waals surface area contributed by atoms with Crippen LogP contribution in [0.25, 0.3) is 11.1 Å². The van der Waals surface area contributed by atoms with E-state index >= 15 is 0 Å². The van der Waals surface area contributed by atoms with Crippen LogP contribution in [0.3, 0.4) is 0 Å². The zero-order chi connectivity index (χ0) is 23.1. The molecule has 6 nitrogen and oxygen atoms in total. The summed E-state index contributed by atoms with van der Waals surface area (Å²) in [7, 11) is 3.15. The molecule has 1 unspecified atom stereocenters. The molecule has 0 radical (unpaired) electrons. The number of amides is 2. The highest BCUT2D eigenvalue weighted by Gasteiger charge is 2.16. The number of nitrogens with one attached hydrogen (secondary N) is 2. The van der Waals surface area contributed by atoms with E-state index < -0.39 is 0 Å². The van der Waals surface area contributed by atoms with E-state index in [4.69, 9.17) is 9.47 Å². The van der Waals surface area contributed by atoms with Crippen LogP contribution in [-0.2, 0) is 4.79 Å². The number of ether oxygens (including phenoxy) is 2. The molecule has 0 saturated carbocycles. The lowest BCUT2D eigenvalue weighted by molar-refractivity contribution is -0.120. The zero-order valence-electron chi connectivity index (χ0n) is 18.8. The first-order valence-corrected chi connectivity index (χ1v) is 10.4. The zero-order valence-corrected chi connectivity index (χ0v) is 18.8. The van der Waals surface area contributed by atoms with Crippen LogP contribution in [0.5, 0.6) is 11.5 Å². The molecular weight excluding hydrogens is 404 g/mol. The van der Waals surface area contributed by atoms with Crippen LogP contribution in [0.15, 0.2) is 66.7 Å². The molecule has 1 atom stereocenters. The lowest BCUT2D eigenvalue weighted by Gasteiger charge is -2.19. The summed E-state index contributed by atoms with van der Waals surface area (Å²) in [6.45, 7) is 3.72. The summed E-state index contributed by atoms with van der Waals surface area (Å²) >= 11 is 0. The molecule has 0 bridgehead atoms. The van der Waals surface area contributed by atoms with Crippen molar-refractivity contribution in [1.29, 1.82) is 0 Å². The Kier molecular flexibility index (Phi) is 7.49. The summed E-state index contributed by atoms with van der Waals surface area (Å²) in [5.41, 5.74) is 4.50. The van der Waals surface area contributed by atoms with E-state index in [-0.39, 0.29) is 24.4 Å². The Hall–Kier alpha value is -3.80. The van der Waals surface area contributed by atoms with E-state index in [0.717, 1.165) is 22.3 Å². The van der Waals surface area contributed by atoms with E-state index in [1.54, 1.807) is 26.4 Å². The number of carbonyl (C=O) groups is 2. The number of benzene rings is 3. The fraction of sp³-hybridized carbons (Fsp3) is 0.231. The number of hydrogen-bond acceptors (Lipinski definition) is 4. The highest BCUT2D eigenvalue weighted by Crippen LogP contribution is 2.32. The van der Waals surface area contributed by atoms with Gasteiger partial charge in [0.15, 0.2) is 11.5 Å². The molecule has 3 aromatic rings. The molecule has 3 rings (SSSR count). The minimum atomic E-state index is -0.297. The van der Waals surface area contributed by atoms with Gasteiger partial charge in [-0.05, 0) is 60.4 Å². The first-order chi connectivity index (χ1) is 15.4. The smallest absolute Gasteiger partial charge is 0.251 e. The average Bonchev–Trinajstić information content (AvgIpc) is 2.82. The standard InChI is InChI=1S/C26H28N2O4/c1-17-14-23(31-3)24(32-4)15-22(17)18(2)28-25(29)16-27-26(30)21-12-10-20(11-13-21)19-8-6-5-7-9-19/h5-15,18H,16H2,1-4H3,(H,27,30)(H,28,29). The number of rotatable bonds is 8. The SMILES string of the molecule is COc1cc(C)c(C(C)NC(=O)CNC(=O)c2ccc(-c3ccccc3)cc2)cc1OC. The van der Waals surface area contributed by atoms with Crippen LogP contribution >= 0.6 is 0 Å². The predicted molar refractivity (Wildman–Crippen MR) is 125 cm³/mol. The van der Waals surface area contributed by atoms with Crippen molar-refractivity contribution in [2.45, 2.75) is 19.9 Å². The van der Waals surface area contributed by atoms with Crippen LogP contribution in [0.2, 0.25) is 0 Å². The molecule has 0 aliphatic rings. The minimum absolute atomic E-state index is 0.115. The van der Waals surface area contributed by atoms with E-state index in [1.165, 1.54) is 0 Å². The van der Waals surface area contributed by atoms with Gasteiger partial charge in [0.2, 0.25) is 5.91 Å². The van der Waals surface area contributed by atoms with Gasteiger partial charge in [0, 0.05) is 5.56 Å². The summed E-state index contributed by atoms with van der Waals surface area (Å²) in [5.74, 6) is 0.662. The maximum Gasteiger partial charge on any atom is 0.251 e. The second-order valence-corrected chi connectivity index (χ2v) is 7.48. The second-order valence-electron chi connectivity index (χ2n) is 7.48. The molecule has 0 fully saturated rings. The molecule has 0 saturated heterocycles. The maximum atomic E-state index is 12.4. The van der Waals surface area contributed by atoms with Crippen LogP contribution < -0.4 is 20.1 Å². The second kappa shape index (κ2) is 10.5. The summed E-state index contributed by atoms with van der Waals surface area (Å²) < 4.78 is 10.7. The lowest BCUT2D eigenvalue weighted by atomic mass is 10.0. The Balaban J connectivity index is 1.57. The van der Waals surface area contributed by atoms with E-state index in [1.807, 2.05) is 68.4 Å². The molecule has 32 heavy (non-hydrogen) atoms. The third-order valence-electron chi connectivity index (χ3n) is 5.28. The lowest BCUT2D eigenvalue weighted by Crippen LogP contribution is -2.38. The fourth-order valence-electron chi connectivity index (χ4n) is 3.54. The van der Waals surface area contributed by atoms with E-state index in [9.17, 15) is 9.59 Å². The summed E-state index contributed by atoms with van der Waals surface area (Å²) in [6, 6.07) is 20.7. The van der Waals surface area contributed by atoms with Gasteiger partial charge in [0.25, 0.3) is 5.91 Å². The van der Waals surface area contributed by atoms with Gasteiger partial charge < -0.3 is 20.1 Å². The topological polar surface area (TPSA) is 76.7 Å². The fourth-order valence-corrected chi connectivity index (χ4v) is 3.54. The highest BCUT2D eigenvalue weighted by molar-refractivity contribution is 5.96. The quantitative estimate of drug-likeness (QED) is 0.557. The van der Waals surface area contributed by atoms with Gasteiger partial charge >= 0.3 is 0 Å². The Morgan fingerprint density at radius 2 is 1.47 bits per heavy atom. The van der Waals surface area contributed by atoms with Gasteiger partial charge in [-0.1, -0.05) is 42.5 Å². The molecule has 0 aromatic heterocycles. The van der Waals surface area contributed by atoms with Gasteiger partial charge in [0.05, 0.1) is 26.8 Å². The van der Waals surface area contributed by atoms with Crippen molar-refractivity contribution < 1.29 is 19.1 Å². The Bertz CT molecular complexity index is 1080. The van der Waals surface area contributed by atoms with Crippen molar-refractivity contribution in [3.63, 3.8) is 0 Å². The first-order valence-electron chi connectivity index (χ1n) is 10.4. The Labute approximate surface area is 188 Å². The van der Waals surface area contributed by atoms with Crippen LogP contribution in [-0.4, -0.2) is 32.6 Å². The first kappa shape index (κ1) is 22.9. The van der Waals surface area contributed by atoms with Gasteiger partial charge in [-0.25, -0.2) is 0 Å². The summed E-state index contributed by atoms with van der Waals surface area (Å²) in [4.78, 5) is 24.8. The van der Waals surface area contributed by atoms with Crippen LogP contribution in [0.4, 0.5) is 0 Å². The van der Waals surface area contributed by atoms with Crippen molar-refractivity contribution in [2.24, 2.45) is 0 Å². The summed E-state index contributed by atoms with van der Waals surface area (Å²) in [5, 5.41) is 5.59. The number of methoxy groups -OCH3 is 2. The number of aryl methyl sites for hydroxylation is 1. The van der Waals surface area contributed by atoms with Gasteiger partial charge in [0.1, 0.15) is 0 Å². The monoisotopic (exact) mass is 432 g/mol. The van der Waals surface area contributed by atoms with E-state index in [2.05, 4.69) is 10.6 Å². The van der Waals surface area contributed by atoms with E-state index in [0.29, 0.717) is 17.1 Å². The van der Waals surface area contributed by atoms with Crippen molar-refractivity contribution in [3.05, 3.63) is 83.4 Å². The normalized spacial score (nSPS) is 11.4. The van der Waals surface area contributed by atoms with Gasteiger partial charge in [-0.3, -0.25) is 9.59 Å². The average molecular weight is 433 g/mol. The molecule has 0 spiro atoms. The highest BCUT2D eigenvalue weighted by atomic mass is 16.5. The van der Waals surface area contributed by atoms with Crippen LogP contribution in [0, 0.1) is 6.92 Å². The van der Waals surface area contributed by atoms with Crippen molar-refractivity contribution >= 4 is 11.8 Å².